The number of allylic oxidation sites excluding steroid dienone is 1. The third kappa shape index (κ3) is 3.20. The average molecular weight is 197 g/mol. The van der Waals surface area contributed by atoms with Crippen LogP contribution in [0.1, 0.15) is 26.2 Å². The van der Waals surface area contributed by atoms with Crippen molar-refractivity contribution in [1.82, 2.24) is 5.32 Å². The second kappa shape index (κ2) is 5.42. The highest BCUT2D eigenvalue weighted by molar-refractivity contribution is 5.85. The molecule has 0 unspecified atom stereocenters. The largest absolute Gasteiger partial charge is 0.464 e. The Morgan fingerprint density at radius 1 is 1.64 bits per heavy atom. The maximum absolute atomic E-state index is 11.2. The molecule has 4 heteroatoms. The molecule has 0 aromatic heterocycles. The molecule has 1 rings (SSSR count). The molecular weight excluding hydrogens is 182 g/mol. The first kappa shape index (κ1) is 10.8. The molecule has 0 saturated carbocycles. The fourth-order valence-corrected chi connectivity index (χ4v) is 1.24. The fraction of sp³-hybridized carbons (Fsp3) is 0.600. The van der Waals surface area contributed by atoms with Crippen LogP contribution in [0, 0.1) is 0 Å². The Balaban J connectivity index is 2.26. The molecule has 1 fully saturated rings. The molecule has 1 aliphatic heterocycles. The van der Waals surface area contributed by atoms with Crippen molar-refractivity contribution >= 4 is 11.9 Å². The van der Waals surface area contributed by atoms with Crippen LogP contribution in [0.5, 0.6) is 0 Å². The van der Waals surface area contributed by atoms with Gasteiger partial charge in [-0.15, -0.1) is 0 Å². The quantitative estimate of drug-likeness (QED) is 0.535. The Morgan fingerprint density at radius 3 is 3.00 bits per heavy atom. The molecule has 1 aliphatic rings. The van der Waals surface area contributed by atoms with Gasteiger partial charge in [-0.05, 0) is 6.42 Å². The Kier molecular flexibility index (Phi) is 4.16. The van der Waals surface area contributed by atoms with E-state index in [0.29, 0.717) is 19.4 Å². The molecule has 1 amide bonds. The van der Waals surface area contributed by atoms with E-state index < -0.39 is 6.04 Å². The van der Waals surface area contributed by atoms with Gasteiger partial charge in [0.1, 0.15) is 6.04 Å². The van der Waals surface area contributed by atoms with Crippen molar-refractivity contribution in [1.29, 1.82) is 0 Å². The van der Waals surface area contributed by atoms with Gasteiger partial charge in [-0.1, -0.05) is 19.1 Å². The summed E-state index contributed by atoms with van der Waals surface area (Å²) in [4.78, 5) is 22.2. The number of hydrogen-bond acceptors (Lipinski definition) is 3. The monoisotopic (exact) mass is 197 g/mol. The number of esters is 1. The Bertz CT molecular complexity index is 248. The van der Waals surface area contributed by atoms with Crippen molar-refractivity contribution in [2.75, 3.05) is 6.61 Å². The average Bonchev–Trinajstić information content (AvgIpc) is 2.52. The minimum Gasteiger partial charge on any atom is -0.464 e. The first-order valence-corrected chi connectivity index (χ1v) is 4.85. The van der Waals surface area contributed by atoms with Gasteiger partial charge in [0.25, 0.3) is 0 Å². The van der Waals surface area contributed by atoms with Crippen LogP contribution in [-0.2, 0) is 14.3 Å². The van der Waals surface area contributed by atoms with Gasteiger partial charge in [0.05, 0.1) is 6.61 Å². The summed E-state index contributed by atoms with van der Waals surface area (Å²) in [6, 6.07) is -0.433. The first-order valence-electron chi connectivity index (χ1n) is 4.85. The maximum Gasteiger partial charge on any atom is 0.328 e. The zero-order valence-corrected chi connectivity index (χ0v) is 8.29. The SMILES string of the molecule is CC/C=C/CC(=O)N[C@H]1CCOC1=O. The van der Waals surface area contributed by atoms with Crippen molar-refractivity contribution in [2.24, 2.45) is 0 Å². The summed E-state index contributed by atoms with van der Waals surface area (Å²) in [6.45, 7) is 2.41. The molecule has 78 valence electrons. The predicted octanol–water partition coefficient (Wildman–Crippen LogP) is 0.774. The van der Waals surface area contributed by atoms with Crippen LogP contribution >= 0.6 is 0 Å². The lowest BCUT2D eigenvalue weighted by molar-refractivity contribution is -0.141. The number of ether oxygens (including phenoxy) is 1. The molecule has 0 spiro atoms. The molecule has 1 atom stereocenters. The normalized spacial score (nSPS) is 21.2. The predicted molar refractivity (Wildman–Crippen MR) is 51.6 cm³/mol. The van der Waals surface area contributed by atoms with Crippen molar-refractivity contribution in [3.8, 4) is 0 Å². The van der Waals surface area contributed by atoms with Crippen molar-refractivity contribution in [3.05, 3.63) is 12.2 Å². The second-order valence-corrected chi connectivity index (χ2v) is 3.16. The topological polar surface area (TPSA) is 55.4 Å². The first-order chi connectivity index (χ1) is 6.74. The van der Waals surface area contributed by atoms with Crippen LogP contribution in [-0.4, -0.2) is 24.5 Å². The number of amides is 1. The van der Waals surface area contributed by atoms with Crippen LogP contribution in [0.25, 0.3) is 0 Å². The van der Waals surface area contributed by atoms with E-state index in [1.165, 1.54) is 0 Å². The maximum atomic E-state index is 11.2. The molecule has 14 heavy (non-hydrogen) atoms. The third-order valence-electron chi connectivity index (χ3n) is 1.98. The number of carbonyl (C=O) groups is 2. The summed E-state index contributed by atoms with van der Waals surface area (Å²) < 4.78 is 4.72. The van der Waals surface area contributed by atoms with E-state index in [-0.39, 0.29) is 11.9 Å². The molecular formula is C10H15NO3. The van der Waals surface area contributed by atoms with Crippen molar-refractivity contribution in [3.63, 3.8) is 0 Å². The lowest BCUT2D eigenvalue weighted by Crippen LogP contribution is -2.37. The van der Waals surface area contributed by atoms with E-state index in [0.717, 1.165) is 6.42 Å². The summed E-state index contributed by atoms with van der Waals surface area (Å²) in [5.41, 5.74) is 0. The van der Waals surface area contributed by atoms with E-state index in [1.807, 2.05) is 13.0 Å². The zero-order valence-electron chi connectivity index (χ0n) is 8.29. The minimum atomic E-state index is -0.433. The molecule has 0 radical (unpaired) electrons. The van der Waals surface area contributed by atoms with E-state index in [9.17, 15) is 9.59 Å². The number of hydrogen-bond donors (Lipinski definition) is 1. The summed E-state index contributed by atoms with van der Waals surface area (Å²) in [7, 11) is 0. The Labute approximate surface area is 83.3 Å². The summed E-state index contributed by atoms with van der Waals surface area (Å²) in [6.07, 6.45) is 5.56. The lowest BCUT2D eigenvalue weighted by Gasteiger charge is -2.06. The smallest absolute Gasteiger partial charge is 0.328 e. The fourth-order valence-electron chi connectivity index (χ4n) is 1.24. The van der Waals surface area contributed by atoms with E-state index in [2.05, 4.69) is 5.32 Å². The van der Waals surface area contributed by atoms with Crippen molar-refractivity contribution < 1.29 is 14.3 Å². The van der Waals surface area contributed by atoms with Crippen molar-refractivity contribution in [2.45, 2.75) is 32.2 Å². The second-order valence-electron chi connectivity index (χ2n) is 3.16. The van der Waals surface area contributed by atoms with Gasteiger partial charge in [0.15, 0.2) is 0 Å². The van der Waals surface area contributed by atoms with Gasteiger partial charge in [0, 0.05) is 12.8 Å². The molecule has 0 aliphatic carbocycles. The Hall–Kier alpha value is -1.32. The lowest BCUT2D eigenvalue weighted by atomic mass is 10.2. The highest BCUT2D eigenvalue weighted by Gasteiger charge is 2.27. The van der Waals surface area contributed by atoms with Gasteiger partial charge >= 0.3 is 5.97 Å². The number of carbonyl (C=O) groups excluding carboxylic acids is 2. The number of cyclic esters (lactones) is 1. The molecule has 1 heterocycles. The highest BCUT2D eigenvalue weighted by atomic mass is 16.5. The van der Waals surface area contributed by atoms with Gasteiger partial charge in [-0.3, -0.25) is 4.79 Å². The summed E-state index contributed by atoms with van der Waals surface area (Å²) in [5, 5.41) is 2.62. The molecule has 1 N–H and O–H groups in total. The molecule has 4 nitrogen and oxygen atoms in total. The Morgan fingerprint density at radius 2 is 2.43 bits per heavy atom. The van der Waals surface area contributed by atoms with Gasteiger partial charge in [-0.25, -0.2) is 4.79 Å². The third-order valence-corrected chi connectivity index (χ3v) is 1.98. The van der Waals surface area contributed by atoms with Crippen LogP contribution in [0.15, 0.2) is 12.2 Å². The van der Waals surface area contributed by atoms with Crippen LogP contribution in [0.4, 0.5) is 0 Å². The molecule has 1 saturated heterocycles. The van der Waals surface area contributed by atoms with Gasteiger partial charge in [0.2, 0.25) is 5.91 Å². The standard InChI is InChI=1S/C10H15NO3/c1-2-3-4-5-9(12)11-8-6-7-14-10(8)13/h3-4,8H,2,5-7H2,1H3,(H,11,12)/b4-3+/t8-/m0/s1. The van der Waals surface area contributed by atoms with Crippen LogP contribution in [0.3, 0.4) is 0 Å². The van der Waals surface area contributed by atoms with E-state index >= 15 is 0 Å². The van der Waals surface area contributed by atoms with Gasteiger partial charge < -0.3 is 10.1 Å². The summed E-state index contributed by atoms with van der Waals surface area (Å²) >= 11 is 0. The highest BCUT2D eigenvalue weighted by Crippen LogP contribution is 2.05. The molecule has 0 aromatic rings. The zero-order chi connectivity index (χ0) is 10.4. The van der Waals surface area contributed by atoms with E-state index in [1.54, 1.807) is 6.08 Å². The van der Waals surface area contributed by atoms with Crippen LogP contribution < -0.4 is 5.32 Å². The van der Waals surface area contributed by atoms with Crippen LogP contribution in [0.2, 0.25) is 0 Å². The van der Waals surface area contributed by atoms with Gasteiger partial charge in [-0.2, -0.15) is 0 Å². The minimum absolute atomic E-state index is 0.126. The summed E-state index contributed by atoms with van der Waals surface area (Å²) in [5.74, 6) is -0.448. The number of nitrogens with one attached hydrogen (secondary N) is 1. The number of rotatable bonds is 4. The molecule has 0 aromatic carbocycles. The molecule has 0 bridgehead atoms. The van der Waals surface area contributed by atoms with E-state index in [4.69, 9.17) is 4.74 Å².